The van der Waals surface area contributed by atoms with Gasteiger partial charge in [0.2, 0.25) is 0 Å². The lowest BCUT2D eigenvalue weighted by molar-refractivity contribution is 1.35. The fourth-order valence-electron chi connectivity index (χ4n) is 1.84. The SMILES string of the molecule is C(#Cc1csc(/C=N/Nc2ccccc2)c1)c1ccccc1. The zero-order valence-corrected chi connectivity index (χ0v) is 12.7. The standard InChI is InChI=1S/C19H14N2S/c1-3-7-16(8-4-1)11-12-17-13-19(22-15-17)14-20-21-18-9-5-2-6-10-18/h1-10,13-15,21H/b20-14+. The van der Waals surface area contributed by atoms with E-state index in [1.54, 1.807) is 11.3 Å². The molecule has 0 unspecified atom stereocenters. The topological polar surface area (TPSA) is 24.4 Å². The lowest BCUT2D eigenvalue weighted by Gasteiger charge is -1.96. The number of hydrogen-bond donors (Lipinski definition) is 1. The number of para-hydroxylation sites is 1. The lowest BCUT2D eigenvalue weighted by atomic mass is 10.2. The van der Waals surface area contributed by atoms with Gasteiger partial charge in [-0.3, -0.25) is 5.43 Å². The second-order valence-corrected chi connectivity index (χ2v) is 5.53. The number of anilines is 1. The molecule has 0 atom stereocenters. The van der Waals surface area contributed by atoms with Gasteiger partial charge in [-0.25, -0.2) is 0 Å². The van der Waals surface area contributed by atoms with Crippen molar-refractivity contribution in [2.24, 2.45) is 5.10 Å². The van der Waals surface area contributed by atoms with Gasteiger partial charge < -0.3 is 0 Å². The van der Waals surface area contributed by atoms with Gasteiger partial charge in [0.15, 0.2) is 0 Å². The number of hydrogen-bond acceptors (Lipinski definition) is 3. The molecule has 106 valence electrons. The van der Waals surface area contributed by atoms with Crippen LogP contribution in [0, 0.1) is 11.8 Å². The minimum atomic E-state index is 0.972. The number of hydrazone groups is 1. The molecule has 0 spiro atoms. The Morgan fingerprint density at radius 3 is 2.32 bits per heavy atom. The van der Waals surface area contributed by atoms with Gasteiger partial charge in [0.05, 0.1) is 11.9 Å². The molecule has 3 rings (SSSR count). The van der Waals surface area contributed by atoms with Crippen molar-refractivity contribution in [2.75, 3.05) is 5.43 Å². The van der Waals surface area contributed by atoms with Crippen molar-refractivity contribution in [2.45, 2.75) is 0 Å². The first kappa shape index (κ1) is 14.1. The Balaban J connectivity index is 1.63. The monoisotopic (exact) mass is 302 g/mol. The van der Waals surface area contributed by atoms with Crippen molar-refractivity contribution in [3.05, 3.63) is 88.1 Å². The maximum absolute atomic E-state index is 4.23. The molecule has 0 aliphatic heterocycles. The van der Waals surface area contributed by atoms with Crippen LogP contribution in [-0.2, 0) is 0 Å². The molecule has 2 nitrogen and oxygen atoms in total. The van der Waals surface area contributed by atoms with E-state index in [9.17, 15) is 0 Å². The number of nitrogens with one attached hydrogen (secondary N) is 1. The third-order valence-electron chi connectivity index (χ3n) is 2.90. The summed E-state index contributed by atoms with van der Waals surface area (Å²) >= 11 is 1.63. The fourth-order valence-corrected chi connectivity index (χ4v) is 2.53. The summed E-state index contributed by atoms with van der Waals surface area (Å²) < 4.78 is 0. The molecule has 3 heteroatoms. The van der Waals surface area contributed by atoms with Gasteiger partial charge >= 0.3 is 0 Å². The summed E-state index contributed by atoms with van der Waals surface area (Å²) in [6, 6.07) is 21.9. The molecule has 0 aliphatic rings. The summed E-state index contributed by atoms with van der Waals surface area (Å²) in [5.41, 5.74) is 6.00. The zero-order chi connectivity index (χ0) is 15.0. The predicted molar refractivity (Wildman–Crippen MR) is 94.4 cm³/mol. The van der Waals surface area contributed by atoms with Crippen molar-refractivity contribution < 1.29 is 0 Å². The maximum atomic E-state index is 4.23. The van der Waals surface area contributed by atoms with Crippen LogP contribution in [0.2, 0.25) is 0 Å². The summed E-state index contributed by atoms with van der Waals surface area (Å²) in [5, 5.41) is 6.27. The summed E-state index contributed by atoms with van der Waals surface area (Å²) in [4.78, 5) is 1.07. The molecule has 1 heterocycles. The van der Waals surface area contributed by atoms with Crippen LogP contribution in [0.4, 0.5) is 5.69 Å². The molecular weight excluding hydrogens is 288 g/mol. The number of rotatable bonds is 3. The van der Waals surface area contributed by atoms with Crippen molar-refractivity contribution in [3.63, 3.8) is 0 Å². The van der Waals surface area contributed by atoms with Gasteiger partial charge in [0, 0.05) is 21.4 Å². The molecule has 0 radical (unpaired) electrons. The van der Waals surface area contributed by atoms with Crippen LogP contribution in [0.5, 0.6) is 0 Å². The van der Waals surface area contributed by atoms with Crippen LogP contribution in [0.1, 0.15) is 16.0 Å². The minimum absolute atomic E-state index is 0.972. The molecule has 0 saturated heterocycles. The van der Waals surface area contributed by atoms with Crippen molar-refractivity contribution in [3.8, 4) is 11.8 Å². The van der Waals surface area contributed by atoms with Crippen molar-refractivity contribution in [1.29, 1.82) is 0 Å². The smallest absolute Gasteiger partial charge is 0.0645 e. The number of benzene rings is 2. The molecular formula is C19H14N2S. The number of thiophene rings is 1. The van der Waals surface area contributed by atoms with Crippen LogP contribution in [0.3, 0.4) is 0 Å². The Morgan fingerprint density at radius 1 is 0.864 bits per heavy atom. The fraction of sp³-hybridized carbons (Fsp3) is 0. The highest BCUT2D eigenvalue weighted by atomic mass is 32.1. The average Bonchev–Trinajstić information content (AvgIpc) is 3.03. The molecule has 1 aromatic heterocycles. The second kappa shape index (κ2) is 7.26. The van der Waals surface area contributed by atoms with Gasteiger partial charge in [0.1, 0.15) is 0 Å². The van der Waals surface area contributed by atoms with Crippen LogP contribution in [0.15, 0.2) is 77.2 Å². The van der Waals surface area contributed by atoms with E-state index >= 15 is 0 Å². The second-order valence-electron chi connectivity index (χ2n) is 4.59. The first-order valence-electron chi connectivity index (χ1n) is 6.90. The van der Waals surface area contributed by atoms with E-state index in [0.717, 1.165) is 21.7 Å². The average molecular weight is 302 g/mol. The van der Waals surface area contributed by atoms with Gasteiger partial charge in [0.25, 0.3) is 0 Å². The third-order valence-corrected chi connectivity index (χ3v) is 3.77. The van der Waals surface area contributed by atoms with E-state index in [-0.39, 0.29) is 0 Å². The van der Waals surface area contributed by atoms with Crippen molar-refractivity contribution in [1.82, 2.24) is 0 Å². The van der Waals surface area contributed by atoms with E-state index < -0.39 is 0 Å². The Hall–Kier alpha value is -2.83. The van der Waals surface area contributed by atoms with E-state index in [1.165, 1.54) is 0 Å². The molecule has 0 fully saturated rings. The van der Waals surface area contributed by atoms with Crippen molar-refractivity contribution >= 4 is 23.2 Å². The Morgan fingerprint density at radius 2 is 1.55 bits per heavy atom. The minimum Gasteiger partial charge on any atom is -0.278 e. The summed E-state index contributed by atoms with van der Waals surface area (Å²) in [6.45, 7) is 0. The maximum Gasteiger partial charge on any atom is 0.0645 e. The highest BCUT2D eigenvalue weighted by Crippen LogP contribution is 2.12. The lowest BCUT2D eigenvalue weighted by Crippen LogP contribution is -1.88. The molecule has 0 saturated carbocycles. The summed E-state index contributed by atoms with van der Waals surface area (Å²) in [5.74, 6) is 6.32. The van der Waals surface area contributed by atoms with E-state index in [2.05, 4.69) is 22.4 Å². The Bertz CT molecular complexity index is 809. The molecule has 1 N–H and O–H groups in total. The summed E-state index contributed by atoms with van der Waals surface area (Å²) in [6.07, 6.45) is 1.81. The van der Waals surface area contributed by atoms with Gasteiger partial charge in [-0.05, 0) is 30.3 Å². The Labute approximate surface area is 134 Å². The van der Waals surface area contributed by atoms with Crippen LogP contribution >= 0.6 is 11.3 Å². The van der Waals surface area contributed by atoms with Crippen LogP contribution in [-0.4, -0.2) is 6.21 Å². The Kier molecular flexibility index (Phi) is 4.66. The van der Waals surface area contributed by atoms with E-state index in [0.29, 0.717) is 0 Å². The van der Waals surface area contributed by atoms with E-state index in [4.69, 9.17) is 0 Å². The third kappa shape index (κ3) is 4.08. The predicted octanol–water partition coefficient (Wildman–Crippen LogP) is 4.59. The molecule has 0 aliphatic carbocycles. The van der Waals surface area contributed by atoms with E-state index in [1.807, 2.05) is 78.3 Å². The number of nitrogens with zero attached hydrogens (tertiary/aromatic N) is 1. The first-order valence-corrected chi connectivity index (χ1v) is 7.78. The first-order chi connectivity index (χ1) is 10.9. The molecule has 3 aromatic rings. The van der Waals surface area contributed by atoms with Crippen LogP contribution in [0.25, 0.3) is 0 Å². The summed E-state index contributed by atoms with van der Waals surface area (Å²) in [7, 11) is 0. The highest BCUT2D eigenvalue weighted by molar-refractivity contribution is 7.11. The quantitative estimate of drug-likeness (QED) is 0.427. The molecule has 0 bridgehead atoms. The van der Waals surface area contributed by atoms with Crippen LogP contribution < -0.4 is 5.43 Å². The van der Waals surface area contributed by atoms with Gasteiger partial charge in [-0.1, -0.05) is 48.2 Å². The molecule has 0 amide bonds. The van der Waals surface area contributed by atoms with Gasteiger partial charge in [-0.2, -0.15) is 5.10 Å². The molecule has 22 heavy (non-hydrogen) atoms. The largest absolute Gasteiger partial charge is 0.278 e. The highest BCUT2D eigenvalue weighted by Gasteiger charge is 1.94. The molecule has 2 aromatic carbocycles. The normalized spacial score (nSPS) is 10.2. The zero-order valence-electron chi connectivity index (χ0n) is 11.9. The van der Waals surface area contributed by atoms with Gasteiger partial charge in [-0.15, -0.1) is 11.3 Å².